The number of rotatable bonds is 6. The summed E-state index contributed by atoms with van der Waals surface area (Å²) >= 11 is 2.05. The lowest BCUT2D eigenvalue weighted by molar-refractivity contribution is 0.761. The van der Waals surface area contributed by atoms with Crippen LogP contribution in [0.5, 0.6) is 0 Å². The maximum absolute atomic E-state index is 4.75. The average Bonchev–Trinajstić information content (AvgIpc) is 3.13. The Labute approximate surface area is 148 Å². The minimum absolute atomic E-state index is 0.697. The van der Waals surface area contributed by atoms with Gasteiger partial charge in [-0.25, -0.2) is 0 Å². The van der Waals surface area contributed by atoms with E-state index in [1.807, 2.05) is 12.3 Å². The van der Waals surface area contributed by atoms with Crippen molar-refractivity contribution in [2.24, 2.45) is 4.99 Å². The summed E-state index contributed by atoms with van der Waals surface area (Å²) in [5.41, 5.74) is 2.38. The van der Waals surface area contributed by atoms with Crippen LogP contribution in [0.1, 0.15) is 25.3 Å². The molecule has 0 aliphatic carbocycles. The van der Waals surface area contributed by atoms with Gasteiger partial charge in [0.15, 0.2) is 5.96 Å². The predicted octanol–water partition coefficient (Wildman–Crippen LogP) is 3.23. The van der Waals surface area contributed by atoms with Crippen LogP contribution in [0.25, 0.3) is 10.9 Å². The lowest BCUT2D eigenvalue weighted by Gasteiger charge is -2.13. The molecule has 0 radical (unpaired) electrons. The Morgan fingerprint density at radius 2 is 2.21 bits per heavy atom. The summed E-state index contributed by atoms with van der Waals surface area (Å²) < 4.78 is 0. The number of fused-ring (bicyclic) bond motifs is 1. The summed E-state index contributed by atoms with van der Waals surface area (Å²) in [6.07, 6.45) is 5.44. The number of hydrogen-bond donors (Lipinski definition) is 2. The Hall–Kier alpha value is -1.75. The molecule has 0 saturated carbocycles. The Balaban J connectivity index is 1.57. The van der Waals surface area contributed by atoms with E-state index in [2.05, 4.69) is 58.6 Å². The molecule has 2 heterocycles. The van der Waals surface area contributed by atoms with E-state index >= 15 is 0 Å². The summed E-state index contributed by atoms with van der Waals surface area (Å²) in [7, 11) is 0. The Kier molecular flexibility index (Phi) is 6.35. The van der Waals surface area contributed by atoms with Crippen LogP contribution >= 0.6 is 11.8 Å². The minimum atomic E-state index is 0.697. The molecule has 1 aromatic heterocycles. The smallest absolute Gasteiger partial charge is 0.191 e. The first-order chi connectivity index (χ1) is 11.9. The highest BCUT2D eigenvalue weighted by Crippen LogP contribution is 2.26. The zero-order valence-corrected chi connectivity index (χ0v) is 15.1. The van der Waals surface area contributed by atoms with Gasteiger partial charge in [0.25, 0.3) is 0 Å². The van der Waals surface area contributed by atoms with Gasteiger partial charge < -0.3 is 10.6 Å². The monoisotopic (exact) mass is 342 g/mol. The van der Waals surface area contributed by atoms with Gasteiger partial charge in [-0.2, -0.15) is 11.8 Å². The first kappa shape index (κ1) is 17.1. The van der Waals surface area contributed by atoms with Crippen molar-refractivity contribution in [3.05, 3.63) is 42.1 Å². The largest absolute Gasteiger partial charge is 0.357 e. The summed E-state index contributed by atoms with van der Waals surface area (Å²) in [6, 6.07) is 10.5. The van der Waals surface area contributed by atoms with Crippen molar-refractivity contribution in [1.82, 2.24) is 15.6 Å². The Bertz CT molecular complexity index is 675. The number of aromatic nitrogens is 1. The standard InChI is InChI=1S/C19H26N4S/c1-2-20-19(23-14-17-9-5-13-24-17)22-12-10-16-7-3-6-15-8-4-11-21-18(15)16/h3-4,6-8,11,17H,2,5,9-10,12-14H2,1H3,(H2,20,22,23). The van der Waals surface area contributed by atoms with E-state index in [0.717, 1.165) is 37.5 Å². The highest BCUT2D eigenvalue weighted by Gasteiger charge is 2.14. The summed E-state index contributed by atoms with van der Waals surface area (Å²) in [4.78, 5) is 9.27. The third-order valence-corrected chi connectivity index (χ3v) is 5.60. The maximum Gasteiger partial charge on any atom is 0.191 e. The predicted molar refractivity (Wildman–Crippen MR) is 105 cm³/mol. The second kappa shape index (κ2) is 8.92. The lowest BCUT2D eigenvalue weighted by Crippen LogP contribution is -2.38. The molecule has 0 bridgehead atoms. The van der Waals surface area contributed by atoms with Crippen molar-refractivity contribution < 1.29 is 0 Å². The average molecular weight is 343 g/mol. The van der Waals surface area contributed by atoms with Gasteiger partial charge in [0.1, 0.15) is 0 Å². The number of para-hydroxylation sites is 1. The molecule has 0 amide bonds. The number of guanidine groups is 1. The zero-order valence-electron chi connectivity index (χ0n) is 14.3. The summed E-state index contributed by atoms with van der Waals surface area (Å²) in [5, 5.41) is 8.70. The van der Waals surface area contributed by atoms with Gasteiger partial charge in [0.05, 0.1) is 12.1 Å². The van der Waals surface area contributed by atoms with Gasteiger partial charge in [-0.1, -0.05) is 24.3 Å². The van der Waals surface area contributed by atoms with Crippen molar-refractivity contribution in [3.63, 3.8) is 0 Å². The quantitative estimate of drug-likeness (QED) is 0.625. The van der Waals surface area contributed by atoms with Gasteiger partial charge >= 0.3 is 0 Å². The van der Waals surface area contributed by atoms with Crippen molar-refractivity contribution >= 4 is 28.6 Å². The number of hydrogen-bond acceptors (Lipinski definition) is 3. The second-order valence-corrected chi connectivity index (χ2v) is 7.43. The molecular weight excluding hydrogens is 316 g/mol. The van der Waals surface area contributed by atoms with Crippen LogP contribution in [0.15, 0.2) is 41.5 Å². The first-order valence-corrected chi connectivity index (χ1v) is 9.88. The maximum atomic E-state index is 4.75. The number of thioether (sulfide) groups is 1. The normalized spacial score (nSPS) is 18.0. The van der Waals surface area contributed by atoms with Gasteiger partial charge in [0.2, 0.25) is 0 Å². The molecule has 4 nitrogen and oxygen atoms in total. The van der Waals surface area contributed by atoms with E-state index in [1.165, 1.54) is 29.5 Å². The lowest BCUT2D eigenvalue weighted by atomic mass is 10.1. The van der Waals surface area contributed by atoms with Crippen LogP contribution in [-0.4, -0.2) is 41.6 Å². The third kappa shape index (κ3) is 4.63. The van der Waals surface area contributed by atoms with Crippen molar-refractivity contribution in [3.8, 4) is 0 Å². The summed E-state index contributed by atoms with van der Waals surface area (Å²) in [5.74, 6) is 2.22. The topological polar surface area (TPSA) is 49.3 Å². The number of pyridine rings is 1. The van der Waals surface area contributed by atoms with E-state index in [-0.39, 0.29) is 0 Å². The minimum Gasteiger partial charge on any atom is -0.357 e. The molecule has 5 heteroatoms. The van der Waals surface area contributed by atoms with E-state index < -0.39 is 0 Å². The van der Waals surface area contributed by atoms with Crippen LogP contribution in [-0.2, 0) is 6.42 Å². The SMILES string of the molecule is CCNC(=NCC1CCCS1)NCCc1cccc2cccnc12. The molecule has 1 aromatic carbocycles. The highest BCUT2D eigenvalue weighted by molar-refractivity contribution is 8.00. The fraction of sp³-hybridized carbons (Fsp3) is 0.474. The molecule has 0 spiro atoms. The Morgan fingerprint density at radius 1 is 1.29 bits per heavy atom. The molecule has 2 N–H and O–H groups in total. The van der Waals surface area contributed by atoms with Crippen LogP contribution < -0.4 is 10.6 Å². The fourth-order valence-electron chi connectivity index (χ4n) is 3.01. The molecule has 1 aliphatic heterocycles. The third-order valence-electron chi connectivity index (χ3n) is 4.22. The zero-order chi connectivity index (χ0) is 16.6. The number of aliphatic imine (C=N–C) groups is 1. The van der Waals surface area contributed by atoms with Gasteiger partial charge in [-0.05, 0) is 43.6 Å². The summed E-state index contributed by atoms with van der Waals surface area (Å²) in [6.45, 7) is 4.77. The van der Waals surface area contributed by atoms with Gasteiger partial charge in [-0.3, -0.25) is 9.98 Å². The van der Waals surface area contributed by atoms with Crippen LogP contribution in [0.4, 0.5) is 0 Å². The van der Waals surface area contributed by atoms with Crippen molar-refractivity contribution in [2.75, 3.05) is 25.4 Å². The second-order valence-electron chi connectivity index (χ2n) is 6.02. The van der Waals surface area contributed by atoms with Gasteiger partial charge in [-0.15, -0.1) is 0 Å². The molecule has 1 unspecified atom stereocenters. The molecule has 2 aromatic rings. The molecule has 128 valence electrons. The number of nitrogens with one attached hydrogen (secondary N) is 2. The van der Waals surface area contributed by atoms with Crippen LogP contribution in [0.2, 0.25) is 0 Å². The van der Waals surface area contributed by atoms with E-state index in [4.69, 9.17) is 4.99 Å². The number of benzene rings is 1. The van der Waals surface area contributed by atoms with E-state index in [9.17, 15) is 0 Å². The molecule has 1 aliphatic rings. The fourth-order valence-corrected chi connectivity index (χ4v) is 4.19. The highest BCUT2D eigenvalue weighted by atomic mass is 32.2. The molecule has 1 fully saturated rings. The molecule has 24 heavy (non-hydrogen) atoms. The molecule has 1 atom stereocenters. The van der Waals surface area contributed by atoms with Crippen molar-refractivity contribution in [2.45, 2.75) is 31.4 Å². The van der Waals surface area contributed by atoms with E-state index in [1.54, 1.807) is 0 Å². The number of nitrogens with zero attached hydrogens (tertiary/aromatic N) is 2. The molecule has 1 saturated heterocycles. The van der Waals surface area contributed by atoms with Gasteiger partial charge in [0, 0.05) is 29.9 Å². The first-order valence-electron chi connectivity index (χ1n) is 8.83. The van der Waals surface area contributed by atoms with Crippen molar-refractivity contribution in [1.29, 1.82) is 0 Å². The molecular formula is C19H26N4S. The van der Waals surface area contributed by atoms with Crippen LogP contribution in [0.3, 0.4) is 0 Å². The Morgan fingerprint density at radius 3 is 3.04 bits per heavy atom. The van der Waals surface area contributed by atoms with E-state index in [0.29, 0.717) is 5.25 Å². The molecule has 3 rings (SSSR count). The van der Waals surface area contributed by atoms with Crippen LogP contribution in [0, 0.1) is 0 Å².